The molecule has 0 amide bonds. The highest BCUT2D eigenvalue weighted by Gasteiger charge is 2.41. The standard InChI is InChI=1S/C8H17NO4/c1-4-6(9)7(11)8(12-2)5(3-10)13-4/h4-8,10-11H,3,9H2,1-2H3/t4?,5?,6-,7-,8-/m1/s1. The van der Waals surface area contributed by atoms with Gasteiger partial charge in [0.25, 0.3) is 0 Å². The Balaban J connectivity index is 2.69. The largest absolute Gasteiger partial charge is 0.394 e. The number of methoxy groups -OCH3 is 1. The lowest BCUT2D eigenvalue weighted by atomic mass is 9.94. The van der Waals surface area contributed by atoms with Crippen LogP contribution in [-0.4, -0.2) is 54.4 Å². The maximum atomic E-state index is 9.67. The fourth-order valence-corrected chi connectivity index (χ4v) is 1.60. The Bertz CT molecular complexity index is 164. The molecule has 1 rings (SSSR count). The average molecular weight is 191 g/mol. The van der Waals surface area contributed by atoms with Crippen LogP contribution in [0.5, 0.6) is 0 Å². The summed E-state index contributed by atoms with van der Waals surface area (Å²) in [5.41, 5.74) is 5.67. The van der Waals surface area contributed by atoms with Gasteiger partial charge in [-0.1, -0.05) is 0 Å². The molecule has 1 heterocycles. The van der Waals surface area contributed by atoms with Crippen molar-refractivity contribution in [2.24, 2.45) is 5.73 Å². The molecule has 1 fully saturated rings. The molecule has 1 aliphatic heterocycles. The van der Waals surface area contributed by atoms with Gasteiger partial charge in [0.1, 0.15) is 18.3 Å². The maximum absolute atomic E-state index is 9.67. The Morgan fingerprint density at radius 3 is 2.62 bits per heavy atom. The first kappa shape index (κ1) is 10.9. The number of ether oxygens (including phenoxy) is 2. The van der Waals surface area contributed by atoms with Gasteiger partial charge in [0.15, 0.2) is 0 Å². The van der Waals surface area contributed by atoms with Crippen molar-refractivity contribution < 1.29 is 19.7 Å². The average Bonchev–Trinajstić information content (AvgIpc) is 2.13. The topological polar surface area (TPSA) is 84.9 Å². The number of hydrogen-bond acceptors (Lipinski definition) is 5. The molecule has 5 nitrogen and oxygen atoms in total. The molecule has 0 aromatic rings. The molecule has 0 aromatic heterocycles. The summed E-state index contributed by atoms with van der Waals surface area (Å²) in [5, 5.41) is 18.6. The normalized spacial score (nSPS) is 46.4. The summed E-state index contributed by atoms with van der Waals surface area (Å²) in [6.07, 6.45) is -2.09. The van der Waals surface area contributed by atoms with E-state index in [9.17, 15) is 5.11 Å². The van der Waals surface area contributed by atoms with Crippen LogP contribution in [0.1, 0.15) is 6.92 Å². The van der Waals surface area contributed by atoms with E-state index < -0.39 is 24.4 Å². The minimum absolute atomic E-state index is 0.174. The summed E-state index contributed by atoms with van der Waals surface area (Å²) < 4.78 is 10.4. The zero-order valence-corrected chi connectivity index (χ0v) is 7.88. The highest BCUT2D eigenvalue weighted by Crippen LogP contribution is 2.21. The lowest BCUT2D eigenvalue weighted by Crippen LogP contribution is -2.61. The number of rotatable bonds is 2. The van der Waals surface area contributed by atoms with Crippen molar-refractivity contribution in [3.63, 3.8) is 0 Å². The molecular weight excluding hydrogens is 174 g/mol. The molecule has 0 aliphatic carbocycles. The van der Waals surface area contributed by atoms with Crippen LogP contribution in [0.2, 0.25) is 0 Å². The summed E-state index contributed by atoms with van der Waals surface area (Å²) in [7, 11) is 1.46. The van der Waals surface area contributed by atoms with Crippen LogP contribution in [0.4, 0.5) is 0 Å². The zero-order chi connectivity index (χ0) is 10.0. The third-order valence-electron chi connectivity index (χ3n) is 2.48. The van der Waals surface area contributed by atoms with Crippen LogP contribution >= 0.6 is 0 Å². The van der Waals surface area contributed by atoms with E-state index in [2.05, 4.69) is 0 Å². The molecule has 2 unspecified atom stereocenters. The first-order valence-electron chi connectivity index (χ1n) is 4.34. The van der Waals surface area contributed by atoms with Crippen LogP contribution in [0.25, 0.3) is 0 Å². The van der Waals surface area contributed by atoms with E-state index in [0.29, 0.717) is 0 Å². The first-order chi connectivity index (χ1) is 6.11. The van der Waals surface area contributed by atoms with Gasteiger partial charge in [-0.25, -0.2) is 0 Å². The minimum Gasteiger partial charge on any atom is -0.394 e. The molecule has 1 saturated heterocycles. The number of hydrogen-bond donors (Lipinski definition) is 3. The summed E-state index contributed by atoms with van der Waals surface area (Å²) in [6.45, 7) is 1.59. The maximum Gasteiger partial charge on any atom is 0.113 e. The molecule has 5 heteroatoms. The van der Waals surface area contributed by atoms with Crippen molar-refractivity contribution in [1.29, 1.82) is 0 Å². The molecule has 4 N–H and O–H groups in total. The van der Waals surface area contributed by atoms with Gasteiger partial charge in [0.05, 0.1) is 18.8 Å². The Hall–Kier alpha value is -0.200. The SMILES string of the molecule is CO[C@@H]1C(CO)OC(C)[C@@H](N)[C@H]1O. The van der Waals surface area contributed by atoms with Gasteiger partial charge in [-0.05, 0) is 6.92 Å². The molecule has 0 radical (unpaired) electrons. The summed E-state index contributed by atoms with van der Waals surface area (Å²) >= 11 is 0. The molecule has 13 heavy (non-hydrogen) atoms. The van der Waals surface area contributed by atoms with Gasteiger partial charge in [-0.15, -0.1) is 0 Å². The van der Waals surface area contributed by atoms with Crippen LogP contribution in [0, 0.1) is 0 Å². The van der Waals surface area contributed by atoms with Gasteiger partial charge in [0.2, 0.25) is 0 Å². The molecule has 0 bridgehead atoms. The molecule has 78 valence electrons. The molecule has 1 aliphatic rings. The van der Waals surface area contributed by atoms with E-state index in [-0.39, 0.29) is 12.7 Å². The monoisotopic (exact) mass is 191 g/mol. The smallest absolute Gasteiger partial charge is 0.113 e. The van der Waals surface area contributed by atoms with Crippen LogP contribution in [0.15, 0.2) is 0 Å². The van der Waals surface area contributed by atoms with Crippen LogP contribution in [0.3, 0.4) is 0 Å². The van der Waals surface area contributed by atoms with E-state index in [1.54, 1.807) is 6.92 Å². The van der Waals surface area contributed by atoms with Crippen molar-refractivity contribution in [2.45, 2.75) is 37.4 Å². The second-order valence-corrected chi connectivity index (χ2v) is 3.33. The van der Waals surface area contributed by atoms with Crippen molar-refractivity contribution >= 4 is 0 Å². The zero-order valence-electron chi connectivity index (χ0n) is 7.88. The second kappa shape index (κ2) is 4.34. The third kappa shape index (κ3) is 2.00. The van der Waals surface area contributed by atoms with Crippen LogP contribution < -0.4 is 5.73 Å². The molecule has 5 atom stereocenters. The minimum atomic E-state index is -0.786. The first-order valence-corrected chi connectivity index (χ1v) is 4.34. The van der Waals surface area contributed by atoms with Crippen molar-refractivity contribution in [1.82, 2.24) is 0 Å². The fourth-order valence-electron chi connectivity index (χ4n) is 1.60. The quantitative estimate of drug-likeness (QED) is 0.493. The Kier molecular flexibility index (Phi) is 3.63. The summed E-state index contributed by atoms with van der Waals surface area (Å²) in [6, 6.07) is -0.465. The highest BCUT2D eigenvalue weighted by atomic mass is 16.6. The Morgan fingerprint density at radius 1 is 1.54 bits per heavy atom. The van der Waals surface area contributed by atoms with Crippen molar-refractivity contribution in [3.8, 4) is 0 Å². The van der Waals surface area contributed by atoms with Gasteiger partial charge in [-0.3, -0.25) is 0 Å². The predicted molar refractivity (Wildman–Crippen MR) is 46.2 cm³/mol. The molecular formula is C8H17NO4. The van der Waals surface area contributed by atoms with E-state index in [0.717, 1.165) is 0 Å². The van der Waals surface area contributed by atoms with Crippen LogP contribution in [-0.2, 0) is 9.47 Å². The van der Waals surface area contributed by atoms with Gasteiger partial charge in [0, 0.05) is 7.11 Å². The van der Waals surface area contributed by atoms with Gasteiger partial charge in [-0.2, -0.15) is 0 Å². The second-order valence-electron chi connectivity index (χ2n) is 3.33. The van der Waals surface area contributed by atoms with E-state index in [4.69, 9.17) is 20.3 Å². The molecule has 0 spiro atoms. The lowest BCUT2D eigenvalue weighted by Gasteiger charge is -2.41. The number of aliphatic hydroxyl groups is 2. The lowest BCUT2D eigenvalue weighted by molar-refractivity contribution is -0.193. The Morgan fingerprint density at radius 2 is 2.15 bits per heavy atom. The highest BCUT2D eigenvalue weighted by molar-refractivity contribution is 4.93. The van der Waals surface area contributed by atoms with Crippen molar-refractivity contribution in [3.05, 3.63) is 0 Å². The van der Waals surface area contributed by atoms with Gasteiger partial charge < -0.3 is 25.4 Å². The van der Waals surface area contributed by atoms with E-state index >= 15 is 0 Å². The molecule has 0 saturated carbocycles. The summed E-state index contributed by atoms with van der Waals surface area (Å²) in [4.78, 5) is 0. The fraction of sp³-hybridized carbons (Fsp3) is 1.00. The van der Waals surface area contributed by atoms with E-state index in [1.165, 1.54) is 7.11 Å². The predicted octanol–water partition coefficient (Wildman–Crippen LogP) is -1.53. The Labute approximate surface area is 77.4 Å². The number of nitrogens with two attached hydrogens (primary N) is 1. The van der Waals surface area contributed by atoms with E-state index in [1.807, 2.05) is 0 Å². The number of aliphatic hydroxyl groups excluding tert-OH is 2. The third-order valence-corrected chi connectivity index (χ3v) is 2.48. The molecule has 0 aromatic carbocycles. The van der Waals surface area contributed by atoms with Crippen molar-refractivity contribution in [2.75, 3.05) is 13.7 Å². The summed E-state index contributed by atoms with van der Waals surface area (Å²) in [5.74, 6) is 0. The van der Waals surface area contributed by atoms with Gasteiger partial charge >= 0.3 is 0 Å².